The van der Waals surface area contributed by atoms with Gasteiger partial charge in [0.2, 0.25) is 0 Å². The summed E-state index contributed by atoms with van der Waals surface area (Å²) in [6.45, 7) is 12.6. The lowest BCUT2D eigenvalue weighted by Crippen LogP contribution is -2.64. The van der Waals surface area contributed by atoms with E-state index in [9.17, 15) is 5.11 Å². The Hall–Kier alpha value is 0.920. The summed E-state index contributed by atoms with van der Waals surface area (Å²) < 4.78 is 0.0642. The number of rotatable bonds is 5. The highest BCUT2D eigenvalue weighted by atomic mass is 79.9. The summed E-state index contributed by atoms with van der Waals surface area (Å²) in [5.41, 5.74) is 0.869. The standard InChI is InChI=1S/C27H46Br2O/c1-17(2)7-6-8-18(3)21-9-10-22-20-15-24(28)27(29)16-19(30)11-14-26(27,5)23(20)12-13-25(21,22)4/h17-24,30H,6-16H2,1-5H3/t18-,19+,20-,21-,22+,23-,24-,25-,26+,27-/m0/s1. The zero-order valence-corrected chi connectivity index (χ0v) is 23.3. The zero-order valence-electron chi connectivity index (χ0n) is 20.1. The maximum absolute atomic E-state index is 10.5. The van der Waals surface area contributed by atoms with E-state index in [1.165, 1.54) is 57.8 Å². The fraction of sp³-hybridized carbons (Fsp3) is 1.00. The van der Waals surface area contributed by atoms with Gasteiger partial charge in [-0.2, -0.15) is 0 Å². The maximum Gasteiger partial charge on any atom is 0.0554 e. The SMILES string of the molecule is CC(C)CCC[C@H](C)[C@@H]1CC[C@@H]2[C@@H]3C[C@H](Br)[C@@]4(Br)C[C@H](O)CC[C@]4(C)[C@H]3CC[C@]21C. The monoisotopic (exact) mass is 544 g/mol. The van der Waals surface area contributed by atoms with Gasteiger partial charge in [0.05, 0.1) is 6.10 Å². The molecular formula is C27H46Br2O. The fourth-order valence-electron chi connectivity index (χ4n) is 9.19. The molecule has 0 aromatic rings. The highest BCUT2D eigenvalue weighted by Gasteiger charge is 2.66. The van der Waals surface area contributed by atoms with Crippen molar-refractivity contribution in [3.63, 3.8) is 0 Å². The first-order valence-electron chi connectivity index (χ1n) is 13.0. The van der Waals surface area contributed by atoms with Crippen LogP contribution in [-0.2, 0) is 0 Å². The van der Waals surface area contributed by atoms with Gasteiger partial charge in [0, 0.05) is 9.15 Å². The lowest BCUT2D eigenvalue weighted by atomic mass is 9.44. The quantitative estimate of drug-likeness (QED) is 0.344. The normalized spacial score (nSPS) is 51.9. The van der Waals surface area contributed by atoms with Crippen molar-refractivity contribution in [1.82, 2.24) is 0 Å². The molecule has 4 aliphatic rings. The summed E-state index contributed by atoms with van der Waals surface area (Å²) >= 11 is 8.41. The lowest BCUT2D eigenvalue weighted by Gasteiger charge is -2.65. The van der Waals surface area contributed by atoms with E-state index in [4.69, 9.17) is 0 Å². The summed E-state index contributed by atoms with van der Waals surface area (Å²) in [4.78, 5) is 0.482. The molecule has 0 spiro atoms. The van der Waals surface area contributed by atoms with Gasteiger partial charge in [-0.1, -0.05) is 85.7 Å². The summed E-state index contributed by atoms with van der Waals surface area (Å²) in [6.07, 6.45) is 14.3. The molecule has 0 bridgehead atoms. The topological polar surface area (TPSA) is 20.2 Å². The van der Waals surface area contributed by atoms with Crippen LogP contribution >= 0.6 is 31.9 Å². The molecule has 0 saturated heterocycles. The van der Waals surface area contributed by atoms with Crippen LogP contribution < -0.4 is 0 Å². The molecule has 1 nitrogen and oxygen atoms in total. The van der Waals surface area contributed by atoms with Gasteiger partial charge in [-0.15, -0.1) is 0 Å². The molecule has 0 aliphatic heterocycles. The van der Waals surface area contributed by atoms with Crippen LogP contribution in [-0.4, -0.2) is 20.4 Å². The van der Waals surface area contributed by atoms with Gasteiger partial charge < -0.3 is 5.11 Å². The van der Waals surface area contributed by atoms with Crippen LogP contribution in [0.5, 0.6) is 0 Å². The first kappa shape index (κ1) is 24.1. The molecule has 4 fully saturated rings. The molecule has 30 heavy (non-hydrogen) atoms. The minimum absolute atomic E-state index is 0.0642. The number of fused-ring (bicyclic) bond motifs is 5. The van der Waals surface area contributed by atoms with Gasteiger partial charge in [-0.3, -0.25) is 0 Å². The van der Waals surface area contributed by atoms with E-state index < -0.39 is 0 Å². The molecule has 3 heteroatoms. The van der Waals surface area contributed by atoms with Crippen LogP contribution in [0.15, 0.2) is 0 Å². The second kappa shape index (κ2) is 8.61. The number of hydrogen-bond donors (Lipinski definition) is 1. The predicted molar refractivity (Wildman–Crippen MR) is 135 cm³/mol. The predicted octanol–water partition coefficient (Wildman–Crippen LogP) is 8.36. The maximum atomic E-state index is 10.5. The van der Waals surface area contributed by atoms with E-state index in [0.29, 0.717) is 15.7 Å². The molecule has 4 rings (SSSR count). The second-order valence-corrected chi connectivity index (χ2v) is 15.3. The highest BCUT2D eigenvalue weighted by Crippen LogP contribution is 2.71. The van der Waals surface area contributed by atoms with Gasteiger partial charge in [-0.25, -0.2) is 0 Å². The van der Waals surface area contributed by atoms with Crippen LogP contribution in [0.3, 0.4) is 0 Å². The number of aliphatic hydroxyl groups is 1. The van der Waals surface area contributed by atoms with Crippen molar-refractivity contribution < 1.29 is 5.11 Å². The van der Waals surface area contributed by atoms with Crippen LogP contribution in [0.2, 0.25) is 0 Å². The number of alkyl halides is 2. The van der Waals surface area contributed by atoms with Crippen molar-refractivity contribution in [2.75, 3.05) is 0 Å². The fourth-order valence-corrected chi connectivity index (χ4v) is 11.4. The van der Waals surface area contributed by atoms with E-state index in [1.807, 2.05) is 0 Å². The molecular weight excluding hydrogens is 500 g/mol. The minimum Gasteiger partial charge on any atom is -0.393 e. The Kier molecular flexibility index (Phi) is 6.90. The van der Waals surface area contributed by atoms with Crippen LogP contribution in [0.1, 0.15) is 105 Å². The van der Waals surface area contributed by atoms with Crippen molar-refractivity contribution in [2.45, 2.75) is 121 Å². The summed E-state index contributed by atoms with van der Waals surface area (Å²) in [5, 5.41) is 10.5. The Balaban J connectivity index is 1.53. The third-order valence-electron chi connectivity index (χ3n) is 10.9. The van der Waals surface area contributed by atoms with Crippen molar-refractivity contribution in [1.29, 1.82) is 0 Å². The lowest BCUT2D eigenvalue weighted by molar-refractivity contribution is -0.111. The van der Waals surface area contributed by atoms with Gasteiger partial charge >= 0.3 is 0 Å². The average Bonchev–Trinajstić information content (AvgIpc) is 3.01. The van der Waals surface area contributed by atoms with Crippen molar-refractivity contribution >= 4 is 31.9 Å². The molecule has 1 N–H and O–H groups in total. The highest BCUT2D eigenvalue weighted by molar-refractivity contribution is 9.12. The van der Waals surface area contributed by atoms with E-state index in [-0.39, 0.29) is 10.4 Å². The van der Waals surface area contributed by atoms with E-state index in [2.05, 4.69) is 66.5 Å². The second-order valence-electron chi connectivity index (χ2n) is 12.8. The first-order valence-corrected chi connectivity index (χ1v) is 14.7. The van der Waals surface area contributed by atoms with Crippen LogP contribution in [0.25, 0.3) is 0 Å². The smallest absolute Gasteiger partial charge is 0.0554 e. The van der Waals surface area contributed by atoms with Crippen molar-refractivity contribution in [2.24, 2.45) is 46.3 Å². The Morgan fingerprint density at radius 2 is 1.70 bits per heavy atom. The molecule has 0 radical (unpaired) electrons. The number of halogens is 2. The molecule has 174 valence electrons. The Morgan fingerprint density at radius 1 is 0.967 bits per heavy atom. The molecule has 10 atom stereocenters. The molecule has 0 aromatic heterocycles. The number of hydrogen-bond acceptors (Lipinski definition) is 1. The van der Waals surface area contributed by atoms with E-state index in [1.54, 1.807) is 0 Å². The Labute approximate surface area is 203 Å². The van der Waals surface area contributed by atoms with Gasteiger partial charge in [0.15, 0.2) is 0 Å². The molecule has 0 heterocycles. The zero-order chi connectivity index (χ0) is 21.9. The van der Waals surface area contributed by atoms with Crippen molar-refractivity contribution in [3.05, 3.63) is 0 Å². The Bertz CT molecular complexity index is 622. The van der Waals surface area contributed by atoms with Crippen LogP contribution in [0.4, 0.5) is 0 Å². The molecule has 0 unspecified atom stereocenters. The minimum atomic E-state index is -0.134. The largest absolute Gasteiger partial charge is 0.393 e. The molecule has 0 aromatic carbocycles. The van der Waals surface area contributed by atoms with Crippen LogP contribution in [0, 0.1) is 46.3 Å². The average molecular weight is 546 g/mol. The van der Waals surface area contributed by atoms with E-state index >= 15 is 0 Å². The van der Waals surface area contributed by atoms with Gasteiger partial charge in [0.25, 0.3) is 0 Å². The van der Waals surface area contributed by atoms with E-state index in [0.717, 1.165) is 48.3 Å². The van der Waals surface area contributed by atoms with Crippen molar-refractivity contribution in [3.8, 4) is 0 Å². The summed E-state index contributed by atoms with van der Waals surface area (Å²) in [6, 6.07) is 0. The van der Waals surface area contributed by atoms with Gasteiger partial charge in [0.1, 0.15) is 0 Å². The first-order chi connectivity index (χ1) is 14.0. The summed E-state index contributed by atoms with van der Waals surface area (Å²) in [5.74, 6) is 5.26. The molecule has 0 amide bonds. The third kappa shape index (κ3) is 3.71. The van der Waals surface area contributed by atoms with Gasteiger partial charge in [-0.05, 0) is 97.7 Å². The number of aliphatic hydroxyl groups excluding tert-OH is 1. The molecule has 4 saturated carbocycles. The Morgan fingerprint density at radius 3 is 2.40 bits per heavy atom. The third-order valence-corrected chi connectivity index (χ3v) is 14.5. The summed E-state index contributed by atoms with van der Waals surface area (Å²) in [7, 11) is 0. The molecule has 4 aliphatic carbocycles.